The van der Waals surface area contributed by atoms with Gasteiger partial charge in [0.1, 0.15) is 5.82 Å². The Morgan fingerprint density at radius 3 is 2.83 bits per heavy atom. The second-order valence-electron chi connectivity index (χ2n) is 4.36. The highest BCUT2D eigenvalue weighted by atomic mass is 19.1. The number of carbonyl (C=O) groups is 2. The normalized spacial score (nSPS) is 19.2. The van der Waals surface area contributed by atoms with Crippen LogP contribution in [0.3, 0.4) is 0 Å². The Bertz CT molecular complexity index is 501. The van der Waals surface area contributed by atoms with Gasteiger partial charge in [0.15, 0.2) is 0 Å². The Morgan fingerprint density at radius 1 is 1.50 bits per heavy atom. The minimum atomic E-state index is -0.466. The Balaban J connectivity index is 2.21. The lowest BCUT2D eigenvalue weighted by Crippen LogP contribution is -2.26. The summed E-state index contributed by atoms with van der Waals surface area (Å²) in [4.78, 5) is 24.6. The molecule has 1 amide bonds. The number of benzene rings is 1. The van der Waals surface area contributed by atoms with E-state index in [0.29, 0.717) is 11.3 Å². The van der Waals surface area contributed by atoms with Crippen LogP contribution in [0.2, 0.25) is 0 Å². The summed E-state index contributed by atoms with van der Waals surface area (Å²) in [5.41, 5.74) is 1.00. The van der Waals surface area contributed by atoms with Crippen molar-refractivity contribution in [3.8, 4) is 0 Å². The zero-order valence-electron chi connectivity index (χ0n) is 10.3. The fourth-order valence-electron chi connectivity index (χ4n) is 2.03. The molecule has 1 aromatic carbocycles. The predicted octanol–water partition coefficient (Wildman–Crippen LogP) is 1.66. The smallest absolute Gasteiger partial charge is 0.311 e. The van der Waals surface area contributed by atoms with Crippen LogP contribution in [-0.2, 0) is 14.3 Å². The van der Waals surface area contributed by atoms with Crippen molar-refractivity contribution >= 4 is 17.6 Å². The van der Waals surface area contributed by atoms with Crippen molar-refractivity contribution in [1.82, 2.24) is 0 Å². The van der Waals surface area contributed by atoms with Crippen molar-refractivity contribution in [3.63, 3.8) is 0 Å². The van der Waals surface area contributed by atoms with Crippen LogP contribution < -0.4 is 4.90 Å². The van der Waals surface area contributed by atoms with Crippen LogP contribution in [0.25, 0.3) is 0 Å². The molecule has 0 spiro atoms. The molecule has 18 heavy (non-hydrogen) atoms. The van der Waals surface area contributed by atoms with Crippen molar-refractivity contribution in [3.05, 3.63) is 29.6 Å². The summed E-state index contributed by atoms with van der Waals surface area (Å²) < 4.78 is 18.1. The van der Waals surface area contributed by atoms with Crippen LogP contribution in [-0.4, -0.2) is 25.5 Å². The van der Waals surface area contributed by atoms with Gasteiger partial charge >= 0.3 is 5.97 Å². The molecule has 0 radical (unpaired) electrons. The summed E-state index contributed by atoms with van der Waals surface area (Å²) >= 11 is 0. The number of aryl methyl sites for hydroxylation is 1. The summed E-state index contributed by atoms with van der Waals surface area (Å²) in [6, 6.07) is 4.60. The van der Waals surface area contributed by atoms with E-state index in [-0.39, 0.29) is 24.7 Å². The zero-order valence-corrected chi connectivity index (χ0v) is 10.3. The van der Waals surface area contributed by atoms with Crippen LogP contribution in [0.15, 0.2) is 18.2 Å². The minimum Gasteiger partial charge on any atom is -0.469 e. The molecule has 4 nitrogen and oxygen atoms in total. The highest BCUT2D eigenvalue weighted by Crippen LogP contribution is 2.27. The largest absolute Gasteiger partial charge is 0.469 e. The van der Waals surface area contributed by atoms with Crippen LogP contribution in [0, 0.1) is 18.7 Å². The summed E-state index contributed by atoms with van der Waals surface area (Å²) in [6.45, 7) is 1.90. The van der Waals surface area contributed by atoms with Crippen molar-refractivity contribution < 1.29 is 18.7 Å². The molecule has 1 fully saturated rings. The van der Waals surface area contributed by atoms with E-state index in [1.165, 1.54) is 18.1 Å². The van der Waals surface area contributed by atoms with Gasteiger partial charge in [0.05, 0.1) is 13.0 Å². The third-order valence-corrected chi connectivity index (χ3v) is 3.13. The minimum absolute atomic E-state index is 0.113. The van der Waals surface area contributed by atoms with E-state index < -0.39 is 11.9 Å². The maximum atomic E-state index is 13.5. The fourth-order valence-corrected chi connectivity index (χ4v) is 2.03. The molecule has 0 aliphatic carbocycles. The van der Waals surface area contributed by atoms with Crippen LogP contribution in [0.1, 0.15) is 12.0 Å². The Morgan fingerprint density at radius 2 is 2.22 bits per heavy atom. The first-order chi connectivity index (χ1) is 8.52. The number of hydrogen-bond donors (Lipinski definition) is 0. The van der Waals surface area contributed by atoms with E-state index in [1.54, 1.807) is 19.1 Å². The van der Waals surface area contributed by atoms with Gasteiger partial charge in [0.2, 0.25) is 5.91 Å². The number of nitrogens with zero attached hydrogens (tertiary/aromatic N) is 1. The summed E-state index contributed by atoms with van der Waals surface area (Å²) in [5, 5.41) is 0. The Labute approximate surface area is 104 Å². The molecule has 0 N–H and O–H groups in total. The van der Waals surface area contributed by atoms with Gasteiger partial charge in [-0.3, -0.25) is 9.59 Å². The average molecular weight is 251 g/mol. The fraction of sp³-hybridized carbons (Fsp3) is 0.385. The number of esters is 1. The monoisotopic (exact) mass is 251 g/mol. The second-order valence-corrected chi connectivity index (χ2v) is 4.36. The molecule has 1 aliphatic heterocycles. The lowest BCUT2D eigenvalue weighted by atomic mass is 10.1. The molecule has 0 bridgehead atoms. The lowest BCUT2D eigenvalue weighted by molar-refractivity contribution is -0.145. The number of methoxy groups -OCH3 is 1. The van der Waals surface area contributed by atoms with Crippen molar-refractivity contribution in [1.29, 1.82) is 0 Å². The van der Waals surface area contributed by atoms with Crippen molar-refractivity contribution in [2.75, 3.05) is 18.6 Å². The molecule has 1 aliphatic rings. The van der Waals surface area contributed by atoms with E-state index >= 15 is 0 Å². The molecule has 1 heterocycles. The van der Waals surface area contributed by atoms with Gasteiger partial charge in [-0.2, -0.15) is 0 Å². The molecule has 0 saturated carbocycles. The van der Waals surface area contributed by atoms with Gasteiger partial charge < -0.3 is 9.64 Å². The second kappa shape index (κ2) is 4.76. The molecule has 96 valence electrons. The number of halogens is 1. The van der Waals surface area contributed by atoms with Crippen LogP contribution >= 0.6 is 0 Å². The molecule has 1 aromatic rings. The van der Waals surface area contributed by atoms with Gasteiger partial charge in [0, 0.05) is 18.7 Å². The van der Waals surface area contributed by atoms with Gasteiger partial charge in [-0.1, -0.05) is 6.07 Å². The highest BCUT2D eigenvalue weighted by Gasteiger charge is 2.35. The van der Waals surface area contributed by atoms with Gasteiger partial charge in [-0.05, 0) is 24.6 Å². The molecule has 0 aromatic heterocycles. The van der Waals surface area contributed by atoms with Gasteiger partial charge in [-0.25, -0.2) is 4.39 Å². The molecule has 5 heteroatoms. The van der Waals surface area contributed by atoms with E-state index in [2.05, 4.69) is 4.74 Å². The topological polar surface area (TPSA) is 46.6 Å². The molecule has 1 atom stereocenters. The number of amides is 1. The standard InChI is InChI=1S/C13H14FNO3/c1-8-3-4-10(6-11(8)14)15-7-9(5-12(15)16)13(17)18-2/h3-4,6,9H,5,7H2,1-2H3. The first kappa shape index (κ1) is 12.5. The molecule has 1 saturated heterocycles. The van der Waals surface area contributed by atoms with Crippen LogP contribution in [0.5, 0.6) is 0 Å². The number of ether oxygens (including phenoxy) is 1. The van der Waals surface area contributed by atoms with Gasteiger partial charge in [-0.15, -0.1) is 0 Å². The molecule has 2 rings (SSSR count). The lowest BCUT2D eigenvalue weighted by Gasteiger charge is -2.16. The number of rotatable bonds is 2. The zero-order chi connectivity index (χ0) is 13.3. The summed E-state index contributed by atoms with van der Waals surface area (Å²) in [7, 11) is 1.29. The third kappa shape index (κ3) is 2.20. The first-order valence-corrected chi connectivity index (χ1v) is 5.67. The highest BCUT2D eigenvalue weighted by molar-refractivity contribution is 5.99. The summed E-state index contributed by atoms with van der Waals surface area (Å²) in [5.74, 6) is -1.42. The van der Waals surface area contributed by atoms with E-state index in [9.17, 15) is 14.0 Å². The first-order valence-electron chi connectivity index (χ1n) is 5.67. The van der Waals surface area contributed by atoms with E-state index in [0.717, 1.165) is 0 Å². The third-order valence-electron chi connectivity index (χ3n) is 3.13. The van der Waals surface area contributed by atoms with E-state index in [4.69, 9.17) is 0 Å². The number of hydrogen-bond acceptors (Lipinski definition) is 3. The van der Waals surface area contributed by atoms with Crippen LogP contribution in [0.4, 0.5) is 10.1 Å². The molecular weight excluding hydrogens is 237 g/mol. The number of anilines is 1. The molecular formula is C13H14FNO3. The average Bonchev–Trinajstić information content (AvgIpc) is 2.74. The molecule has 1 unspecified atom stereocenters. The van der Waals surface area contributed by atoms with Crippen molar-refractivity contribution in [2.45, 2.75) is 13.3 Å². The maximum absolute atomic E-state index is 13.5. The number of carbonyl (C=O) groups excluding carboxylic acids is 2. The Hall–Kier alpha value is -1.91. The van der Waals surface area contributed by atoms with Crippen molar-refractivity contribution in [2.24, 2.45) is 5.92 Å². The quantitative estimate of drug-likeness (QED) is 0.751. The van der Waals surface area contributed by atoms with Gasteiger partial charge in [0.25, 0.3) is 0 Å². The predicted molar refractivity (Wildman–Crippen MR) is 63.6 cm³/mol. The summed E-state index contributed by atoms with van der Waals surface area (Å²) in [6.07, 6.45) is 0.113. The SMILES string of the molecule is COC(=O)C1CC(=O)N(c2ccc(C)c(F)c2)C1. The Kier molecular flexibility index (Phi) is 3.32. The van der Waals surface area contributed by atoms with E-state index in [1.807, 2.05) is 0 Å². The maximum Gasteiger partial charge on any atom is 0.311 e.